The molecule has 7 heteroatoms. The van der Waals surface area contributed by atoms with Gasteiger partial charge in [0.15, 0.2) is 0 Å². The number of fused-ring (bicyclic) bond motifs is 3. The zero-order chi connectivity index (χ0) is 21.5. The van der Waals surface area contributed by atoms with E-state index in [1.807, 2.05) is 66.5 Å². The van der Waals surface area contributed by atoms with Crippen LogP contribution in [0.4, 0.5) is 11.6 Å². The molecule has 6 nitrogen and oxygen atoms in total. The van der Waals surface area contributed by atoms with Crippen molar-refractivity contribution in [1.29, 1.82) is 0 Å². The summed E-state index contributed by atoms with van der Waals surface area (Å²) < 4.78 is 7.36. The number of methoxy groups -OCH3 is 1. The smallest absolute Gasteiger partial charge is 0.227 e. The molecular weight excluding hydrogens is 410 g/mol. The van der Waals surface area contributed by atoms with Crippen LogP contribution in [0.1, 0.15) is 24.1 Å². The minimum Gasteiger partial charge on any atom is -0.495 e. The molecular formula is C24H22ClN5O. The van der Waals surface area contributed by atoms with Crippen molar-refractivity contribution in [2.75, 3.05) is 12.4 Å². The summed E-state index contributed by atoms with van der Waals surface area (Å²) in [4.78, 5) is 9.51. The van der Waals surface area contributed by atoms with Crippen LogP contribution in [-0.4, -0.2) is 26.9 Å². The Morgan fingerprint density at radius 2 is 1.90 bits per heavy atom. The van der Waals surface area contributed by atoms with Crippen molar-refractivity contribution in [1.82, 2.24) is 19.7 Å². The van der Waals surface area contributed by atoms with Gasteiger partial charge in [0.05, 0.1) is 29.9 Å². The van der Waals surface area contributed by atoms with Gasteiger partial charge < -0.3 is 10.1 Å². The Kier molecular flexibility index (Phi) is 4.87. The first-order valence-corrected chi connectivity index (χ1v) is 10.5. The topological polar surface area (TPSA) is 64.9 Å². The number of hydrogen-bond donors (Lipinski definition) is 1. The summed E-state index contributed by atoms with van der Waals surface area (Å²) in [6, 6.07) is 15.6. The number of hydrogen-bond acceptors (Lipinski definition) is 5. The maximum atomic E-state index is 6.56. The van der Waals surface area contributed by atoms with Crippen LogP contribution in [0.3, 0.4) is 0 Å². The van der Waals surface area contributed by atoms with Crippen LogP contribution in [-0.2, 0) is 13.5 Å². The Hall–Kier alpha value is -3.38. The maximum Gasteiger partial charge on any atom is 0.227 e. The number of anilines is 2. The normalized spacial score (nSPS) is 14.6. The fourth-order valence-corrected chi connectivity index (χ4v) is 4.44. The van der Waals surface area contributed by atoms with Gasteiger partial charge in [0.2, 0.25) is 5.95 Å². The average molecular weight is 432 g/mol. The first kappa shape index (κ1) is 19.6. The predicted molar refractivity (Wildman–Crippen MR) is 123 cm³/mol. The van der Waals surface area contributed by atoms with Crippen molar-refractivity contribution in [3.05, 3.63) is 71.0 Å². The highest BCUT2D eigenvalue weighted by Gasteiger charge is 2.31. The van der Waals surface area contributed by atoms with E-state index in [2.05, 4.69) is 17.2 Å². The van der Waals surface area contributed by atoms with E-state index in [1.54, 1.807) is 7.11 Å². The third kappa shape index (κ3) is 3.33. The number of rotatable bonds is 4. The highest BCUT2D eigenvalue weighted by molar-refractivity contribution is 6.33. The molecule has 0 spiro atoms. The fraction of sp³-hybridized carbons (Fsp3) is 0.208. The van der Waals surface area contributed by atoms with Crippen LogP contribution in [0.25, 0.3) is 22.5 Å². The molecule has 0 saturated heterocycles. The molecule has 0 amide bonds. The van der Waals surface area contributed by atoms with Gasteiger partial charge >= 0.3 is 0 Å². The number of nitrogens with one attached hydrogen (secondary N) is 1. The third-order valence-corrected chi connectivity index (χ3v) is 6.02. The molecule has 0 fully saturated rings. The largest absolute Gasteiger partial charge is 0.495 e. The summed E-state index contributed by atoms with van der Waals surface area (Å²) in [7, 11) is 3.60. The molecule has 0 saturated carbocycles. The summed E-state index contributed by atoms with van der Waals surface area (Å²) in [6.07, 6.45) is 2.75. The molecule has 0 radical (unpaired) electrons. The van der Waals surface area contributed by atoms with Gasteiger partial charge in [0, 0.05) is 35.0 Å². The van der Waals surface area contributed by atoms with Gasteiger partial charge in [0.1, 0.15) is 5.75 Å². The van der Waals surface area contributed by atoms with Gasteiger partial charge in [-0.15, -0.1) is 0 Å². The van der Waals surface area contributed by atoms with Crippen molar-refractivity contribution in [3.63, 3.8) is 0 Å². The van der Waals surface area contributed by atoms with Crippen LogP contribution in [0.5, 0.6) is 5.75 Å². The second-order valence-electron chi connectivity index (χ2n) is 7.70. The zero-order valence-corrected chi connectivity index (χ0v) is 18.3. The molecule has 1 N–H and O–H groups in total. The average Bonchev–Trinajstić information content (AvgIpc) is 3.10. The Morgan fingerprint density at radius 1 is 1.13 bits per heavy atom. The number of halogens is 1. The van der Waals surface area contributed by atoms with Crippen LogP contribution in [0.2, 0.25) is 5.02 Å². The number of ether oxygens (including phenoxy) is 1. The first-order chi connectivity index (χ1) is 15.1. The van der Waals surface area contributed by atoms with Gasteiger partial charge in [-0.2, -0.15) is 5.10 Å². The number of nitrogens with zero attached hydrogens (tertiary/aromatic N) is 4. The van der Waals surface area contributed by atoms with E-state index >= 15 is 0 Å². The van der Waals surface area contributed by atoms with Crippen molar-refractivity contribution in [2.24, 2.45) is 7.05 Å². The minimum atomic E-state index is 0.275. The molecule has 2 aromatic carbocycles. The van der Waals surface area contributed by atoms with E-state index < -0.39 is 0 Å². The number of aromatic nitrogens is 4. The number of aryl methyl sites for hydroxylation is 1. The molecule has 5 rings (SSSR count). The van der Waals surface area contributed by atoms with Crippen LogP contribution < -0.4 is 10.1 Å². The third-order valence-electron chi connectivity index (χ3n) is 5.69. The summed E-state index contributed by atoms with van der Waals surface area (Å²) in [6.45, 7) is 2.18. The lowest BCUT2D eigenvalue weighted by molar-refractivity contribution is 0.417. The van der Waals surface area contributed by atoms with E-state index in [0.717, 1.165) is 51.6 Å². The lowest BCUT2D eigenvalue weighted by Crippen LogP contribution is -2.12. The van der Waals surface area contributed by atoms with Gasteiger partial charge in [-0.3, -0.25) is 4.68 Å². The van der Waals surface area contributed by atoms with Crippen LogP contribution in [0, 0.1) is 0 Å². The molecule has 1 atom stereocenters. The van der Waals surface area contributed by atoms with Gasteiger partial charge in [0.25, 0.3) is 0 Å². The van der Waals surface area contributed by atoms with E-state index in [0.29, 0.717) is 11.0 Å². The van der Waals surface area contributed by atoms with Crippen molar-refractivity contribution in [3.8, 4) is 28.3 Å². The standard InChI is InChI=1S/C24H22ClN5O/c1-14-12-19-21(23(30(2)29-19)15-8-4-5-9-17(15)25)22-16(14)13-26-24(28-22)27-18-10-6-7-11-20(18)31-3/h4-11,13-14H,12H2,1-3H3,(H,26,27,28). The quantitative estimate of drug-likeness (QED) is 0.455. The van der Waals surface area contributed by atoms with Gasteiger partial charge in [-0.05, 0) is 30.5 Å². The minimum absolute atomic E-state index is 0.275. The second kappa shape index (κ2) is 7.71. The lowest BCUT2D eigenvalue weighted by atomic mass is 9.85. The molecule has 2 aromatic heterocycles. The highest BCUT2D eigenvalue weighted by atomic mass is 35.5. The van der Waals surface area contributed by atoms with E-state index in [9.17, 15) is 0 Å². The molecule has 1 unspecified atom stereocenters. The van der Waals surface area contributed by atoms with Crippen molar-refractivity contribution >= 4 is 23.2 Å². The second-order valence-corrected chi connectivity index (χ2v) is 8.11. The van der Waals surface area contributed by atoms with Crippen molar-refractivity contribution in [2.45, 2.75) is 19.3 Å². The van der Waals surface area contributed by atoms with E-state index in [1.165, 1.54) is 0 Å². The molecule has 2 heterocycles. The molecule has 156 valence electrons. The number of para-hydroxylation sites is 2. The Morgan fingerprint density at radius 3 is 2.71 bits per heavy atom. The Bertz CT molecular complexity index is 1280. The molecule has 31 heavy (non-hydrogen) atoms. The Balaban J connectivity index is 1.66. The summed E-state index contributed by atoms with van der Waals surface area (Å²) in [5.41, 5.74) is 6.78. The van der Waals surface area contributed by atoms with Crippen LogP contribution in [0.15, 0.2) is 54.7 Å². The van der Waals surface area contributed by atoms with Crippen molar-refractivity contribution < 1.29 is 4.74 Å². The Labute approximate surface area is 185 Å². The maximum absolute atomic E-state index is 6.56. The van der Waals surface area contributed by atoms with Crippen LogP contribution >= 0.6 is 11.6 Å². The fourth-order valence-electron chi connectivity index (χ4n) is 4.21. The monoisotopic (exact) mass is 431 g/mol. The predicted octanol–water partition coefficient (Wildman–Crippen LogP) is 5.61. The highest BCUT2D eigenvalue weighted by Crippen LogP contribution is 2.44. The van der Waals surface area contributed by atoms with E-state index in [4.69, 9.17) is 26.4 Å². The van der Waals surface area contributed by atoms with Gasteiger partial charge in [-0.25, -0.2) is 9.97 Å². The lowest BCUT2D eigenvalue weighted by Gasteiger charge is -2.22. The molecule has 1 aliphatic rings. The molecule has 1 aliphatic carbocycles. The summed E-state index contributed by atoms with van der Waals surface area (Å²) in [5, 5.41) is 8.80. The molecule has 0 bridgehead atoms. The molecule has 4 aromatic rings. The van der Waals surface area contributed by atoms with E-state index in [-0.39, 0.29) is 5.92 Å². The van der Waals surface area contributed by atoms with Gasteiger partial charge in [-0.1, -0.05) is 48.9 Å². The number of benzene rings is 2. The zero-order valence-electron chi connectivity index (χ0n) is 17.6. The molecule has 0 aliphatic heterocycles. The SMILES string of the molecule is COc1ccccc1Nc1ncc2c(n1)-c1c(nn(C)c1-c1ccccc1Cl)CC2C. The summed E-state index contributed by atoms with van der Waals surface area (Å²) >= 11 is 6.56. The summed E-state index contributed by atoms with van der Waals surface area (Å²) in [5.74, 6) is 1.52. The first-order valence-electron chi connectivity index (χ1n) is 10.1.